The fraction of sp³-hybridized carbons (Fsp3) is 0.700. The summed E-state index contributed by atoms with van der Waals surface area (Å²) in [5.74, 6) is 1.51. The third-order valence-electron chi connectivity index (χ3n) is 2.67. The van der Waals surface area contributed by atoms with Crippen molar-refractivity contribution >= 4 is 0 Å². The van der Waals surface area contributed by atoms with Crippen LogP contribution in [0.3, 0.4) is 0 Å². The van der Waals surface area contributed by atoms with E-state index in [9.17, 15) is 0 Å². The van der Waals surface area contributed by atoms with Crippen molar-refractivity contribution in [2.24, 2.45) is 5.73 Å². The highest BCUT2D eigenvalue weighted by Gasteiger charge is 2.21. The Morgan fingerprint density at radius 2 is 2.23 bits per heavy atom. The van der Waals surface area contributed by atoms with E-state index >= 15 is 0 Å². The molecule has 2 rings (SSSR count). The van der Waals surface area contributed by atoms with E-state index in [-0.39, 0.29) is 0 Å². The highest BCUT2D eigenvalue weighted by Crippen LogP contribution is 2.33. The summed E-state index contributed by atoms with van der Waals surface area (Å²) in [6, 6.07) is 0. The van der Waals surface area contributed by atoms with Crippen LogP contribution < -0.4 is 5.73 Å². The van der Waals surface area contributed by atoms with Crippen LogP contribution in [-0.2, 0) is 6.42 Å². The topological polar surface area (TPSA) is 52.0 Å². The monoisotopic (exact) mass is 180 g/mol. The van der Waals surface area contributed by atoms with E-state index < -0.39 is 0 Å². The minimum Gasteiger partial charge on any atom is -0.448 e. The lowest BCUT2D eigenvalue weighted by atomic mass is 10.1. The molecule has 13 heavy (non-hydrogen) atoms. The third-order valence-corrected chi connectivity index (χ3v) is 2.67. The van der Waals surface area contributed by atoms with Gasteiger partial charge in [0.2, 0.25) is 0 Å². The molecule has 0 radical (unpaired) electrons. The maximum atomic E-state index is 5.44. The maximum Gasteiger partial charge on any atom is 0.197 e. The number of nitrogens with zero attached hydrogens (tertiary/aromatic N) is 1. The molecule has 1 aromatic heterocycles. The number of oxazole rings is 1. The average Bonchev–Trinajstić information content (AvgIpc) is 2.70. The predicted octanol–water partition coefficient (Wildman–Crippen LogP) is 1.83. The first-order valence-corrected chi connectivity index (χ1v) is 5.04. The molecular weight excluding hydrogens is 164 g/mol. The van der Waals surface area contributed by atoms with E-state index in [0.29, 0.717) is 12.5 Å². The number of nitrogens with two attached hydrogens (primary N) is 1. The second kappa shape index (κ2) is 3.92. The molecule has 0 aromatic carbocycles. The van der Waals surface area contributed by atoms with Gasteiger partial charge in [-0.15, -0.1) is 0 Å². The van der Waals surface area contributed by atoms with Gasteiger partial charge in [-0.05, 0) is 19.4 Å². The van der Waals surface area contributed by atoms with Gasteiger partial charge in [0.05, 0.1) is 5.69 Å². The van der Waals surface area contributed by atoms with Crippen LogP contribution >= 0.6 is 0 Å². The van der Waals surface area contributed by atoms with E-state index in [1.165, 1.54) is 25.7 Å². The summed E-state index contributed by atoms with van der Waals surface area (Å²) < 4.78 is 5.43. The Morgan fingerprint density at radius 3 is 2.92 bits per heavy atom. The number of aromatic nitrogens is 1. The smallest absolute Gasteiger partial charge is 0.197 e. The Labute approximate surface area is 78.3 Å². The van der Waals surface area contributed by atoms with Crippen LogP contribution in [0.1, 0.15) is 43.2 Å². The van der Waals surface area contributed by atoms with Gasteiger partial charge in [-0.2, -0.15) is 0 Å². The largest absolute Gasteiger partial charge is 0.448 e. The van der Waals surface area contributed by atoms with Crippen molar-refractivity contribution < 1.29 is 4.42 Å². The van der Waals surface area contributed by atoms with Crippen LogP contribution in [0.25, 0.3) is 0 Å². The van der Waals surface area contributed by atoms with Gasteiger partial charge in [0.15, 0.2) is 5.89 Å². The second-order valence-corrected chi connectivity index (χ2v) is 3.70. The van der Waals surface area contributed by atoms with Crippen molar-refractivity contribution in [1.82, 2.24) is 4.98 Å². The van der Waals surface area contributed by atoms with E-state index in [1.807, 2.05) is 0 Å². The van der Waals surface area contributed by atoms with Crippen molar-refractivity contribution in [3.05, 3.63) is 17.8 Å². The van der Waals surface area contributed by atoms with E-state index in [0.717, 1.165) is 18.0 Å². The second-order valence-electron chi connectivity index (χ2n) is 3.70. The van der Waals surface area contributed by atoms with E-state index in [1.54, 1.807) is 6.26 Å². The molecule has 1 aliphatic rings. The number of hydrogen-bond donors (Lipinski definition) is 1. The molecule has 0 aliphatic heterocycles. The first kappa shape index (κ1) is 8.75. The van der Waals surface area contributed by atoms with Crippen molar-refractivity contribution in [3.63, 3.8) is 0 Å². The Hall–Kier alpha value is -0.830. The zero-order chi connectivity index (χ0) is 9.10. The molecule has 3 nitrogen and oxygen atoms in total. The lowest BCUT2D eigenvalue weighted by molar-refractivity contribution is 0.448. The van der Waals surface area contributed by atoms with Crippen molar-refractivity contribution in [1.29, 1.82) is 0 Å². The first-order chi connectivity index (χ1) is 6.40. The zero-order valence-corrected chi connectivity index (χ0v) is 7.83. The predicted molar refractivity (Wildman–Crippen MR) is 50.5 cm³/mol. The van der Waals surface area contributed by atoms with Gasteiger partial charge in [-0.3, -0.25) is 0 Å². The van der Waals surface area contributed by atoms with Gasteiger partial charge in [-0.1, -0.05) is 12.8 Å². The molecule has 0 bridgehead atoms. The van der Waals surface area contributed by atoms with Crippen molar-refractivity contribution in [3.8, 4) is 0 Å². The lowest BCUT2D eigenvalue weighted by Gasteiger charge is -2.00. The first-order valence-electron chi connectivity index (χ1n) is 5.04. The summed E-state index contributed by atoms with van der Waals surface area (Å²) in [4.78, 5) is 4.44. The molecule has 1 aliphatic carbocycles. The van der Waals surface area contributed by atoms with E-state index in [2.05, 4.69) is 4.98 Å². The van der Waals surface area contributed by atoms with Crippen LogP contribution in [0.15, 0.2) is 10.7 Å². The van der Waals surface area contributed by atoms with Crippen LogP contribution in [0.5, 0.6) is 0 Å². The zero-order valence-electron chi connectivity index (χ0n) is 7.83. The van der Waals surface area contributed by atoms with Crippen molar-refractivity contribution in [2.75, 3.05) is 6.54 Å². The summed E-state index contributed by atoms with van der Waals surface area (Å²) in [6.45, 7) is 0.649. The highest BCUT2D eigenvalue weighted by molar-refractivity contribution is 5.02. The van der Waals surface area contributed by atoms with Gasteiger partial charge < -0.3 is 10.2 Å². The Morgan fingerprint density at radius 1 is 1.46 bits per heavy atom. The van der Waals surface area contributed by atoms with Gasteiger partial charge >= 0.3 is 0 Å². The fourth-order valence-corrected chi connectivity index (χ4v) is 1.95. The molecule has 1 heterocycles. The van der Waals surface area contributed by atoms with Gasteiger partial charge in [0.1, 0.15) is 6.26 Å². The average molecular weight is 180 g/mol. The molecule has 0 unspecified atom stereocenters. The van der Waals surface area contributed by atoms with Crippen LogP contribution in [0.2, 0.25) is 0 Å². The lowest BCUT2D eigenvalue weighted by Crippen LogP contribution is -2.03. The summed E-state index contributed by atoms with van der Waals surface area (Å²) in [6.07, 6.45) is 7.69. The fourth-order valence-electron chi connectivity index (χ4n) is 1.95. The molecule has 0 atom stereocenters. The number of rotatable bonds is 3. The highest BCUT2D eigenvalue weighted by atomic mass is 16.3. The molecule has 72 valence electrons. The normalized spacial score (nSPS) is 18.2. The molecule has 1 aromatic rings. The summed E-state index contributed by atoms with van der Waals surface area (Å²) in [5, 5.41) is 0. The van der Waals surface area contributed by atoms with E-state index in [4.69, 9.17) is 10.2 Å². The van der Waals surface area contributed by atoms with Gasteiger partial charge in [0.25, 0.3) is 0 Å². The van der Waals surface area contributed by atoms with Gasteiger partial charge in [0, 0.05) is 12.3 Å². The molecule has 0 saturated heterocycles. The SMILES string of the molecule is NCCc1coc(C2CCCC2)n1. The van der Waals surface area contributed by atoms with Crippen LogP contribution in [-0.4, -0.2) is 11.5 Å². The Kier molecular flexibility index (Phi) is 2.64. The quantitative estimate of drug-likeness (QED) is 0.772. The minimum atomic E-state index is 0.575. The summed E-state index contributed by atoms with van der Waals surface area (Å²) in [5.41, 5.74) is 6.45. The molecule has 0 spiro atoms. The Balaban J connectivity index is 2.03. The summed E-state index contributed by atoms with van der Waals surface area (Å²) in [7, 11) is 0. The third kappa shape index (κ3) is 1.91. The molecule has 3 heteroatoms. The van der Waals surface area contributed by atoms with Crippen LogP contribution in [0, 0.1) is 0 Å². The summed E-state index contributed by atoms with van der Waals surface area (Å²) >= 11 is 0. The molecule has 2 N–H and O–H groups in total. The van der Waals surface area contributed by atoms with Gasteiger partial charge in [-0.25, -0.2) is 4.98 Å². The standard InChI is InChI=1S/C10H16N2O/c11-6-5-9-7-13-10(12-9)8-3-1-2-4-8/h7-8H,1-6,11H2. The number of hydrogen-bond acceptors (Lipinski definition) is 3. The molecule has 0 amide bonds. The minimum absolute atomic E-state index is 0.575. The Bertz CT molecular complexity index is 264. The van der Waals surface area contributed by atoms with Crippen LogP contribution in [0.4, 0.5) is 0 Å². The maximum absolute atomic E-state index is 5.44. The molecule has 1 fully saturated rings. The molecule has 1 saturated carbocycles. The molecular formula is C10H16N2O. The van der Waals surface area contributed by atoms with Crippen molar-refractivity contribution in [2.45, 2.75) is 38.0 Å².